The van der Waals surface area contributed by atoms with Gasteiger partial charge in [0.2, 0.25) is 5.91 Å². The molecule has 0 aromatic heterocycles. The summed E-state index contributed by atoms with van der Waals surface area (Å²) in [5, 5.41) is 0. The van der Waals surface area contributed by atoms with Crippen molar-refractivity contribution in [2.45, 2.75) is 51.7 Å². The third-order valence-corrected chi connectivity index (χ3v) is 4.80. The molecule has 112 valence electrons. The number of hydrogen-bond acceptors (Lipinski definition) is 3. The van der Waals surface area contributed by atoms with E-state index < -0.39 is 0 Å². The third-order valence-electron chi connectivity index (χ3n) is 4.80. The van der Waals surface area contributed by atoms with E-state index in [0.29, 0.717) is 6.42 Å². The number of hydrogen-bond donors (Lipinski definition) is 0. The molecule has 2 aliphatic rings. The van der Waals surface area contributed by atoms with Gasteiger partial charge in [-0.3, -0.25) is 4.79 Å². The van der Waals surface area contributed by atoms with Crippen LogP contribution in [0.25, 0.3) is 0 Å². The van der Waals surface area contributed by atoms with Crippen LogP contribution in [0, 0.1) is 0 Å². The summed E-state index contributed by atoms with van der Waals surface area (Å²) in [5.41, 5.74) is 1.28. The fraction of sp³-hybridized carbons (Fsp3) is 0.562. The zero-order valence-corrected chi connectivity index (χ0v) is 13.2. The maximum atomic E-state index is 11.8. The molecule has 0 bridgehead atoms. The topological polar surface area (TPSA) is 38.8 Å². The molecule has 0 radical (unpaired) electrons. The predicted octanol–water partition coefficient (Wildman–Crippen LogP) is 2.11. The lowest BCUT2D eigenvalue weighted by atomic mass is 9.79. The van der Waals surface area contributed by atoms with Crippen LogP contribution < -0.4 is 10.4 Å². The number of anilines is 1. The van der Waals surface area contributed by atoms with Crippen LogP contribution in [-0.2, 0) is 14.1 Å². The molecule has 4 nitrogen and oxygen atoms in total. The number of benzene rings is 1. The van der Waals surface area contributed by atoms with Crippen molar-refractivity contribution in [3.8, 4) is 0 Å². The van der Waals surface area contributed by atoms with Gasteiger partial charge in [-0.15, -0.1) is 0 Å². The zero-order chi connectivity index (χ0) is 15.3. The van der Waals surface area contributed by atoms with Crippen molar-refractivity contribution in [2.24, 2.45) is 0 Å². The van der Waals surface area contributed by atoms with Gasteiger partial charge >= 0.3 is 7.12 Å². The second kappa shape index (κ2) is 4.85. The molecular formula is C16H22BNO3. The molecule has 2 fully saturated rings. The summed E-state index contributed by atoms with van der Waals surface area (Å²) in [6.07, 6.45) is 1.59. The first-order valence-electron chi connectivity index (χ1n) is 7.56. The minimum absolute atomic E-state index is 0.207. The highest BCUT2D eigenvalue weighted by molar-refractivity contribution is 6.62. The molecule has 1 aromatic carbocycles. The summed E-state index contributed by atoms with van der Waals surface area (Å²) >= 11 is 0. The van der Waals surface area contributed by atoms with Crippen molar-refractivity contribution >= 4 is 24.2 Å². The van der Waals surface area contributed by atoms with E-state index in [2.05, 4.69) is 0 Å². The Morgan fingerprint density at radius 1 is 1.05 bits per heavy atom. The summed E-state index contributed by atoms with van der Waals surface area (Å²) < 4.78 is 12.1. The van der Waals surface area contributed by atoms with Crippen molar-refractivity contribution in [1.82, 2.24) is 0 Å². The first kappa shape index (κ1) is 14.6. The average Bonchev–Trinajstić information content (AvgIpc) is 2.92. The van der Waals surface area contributed by atoms with Gasteiger partial charge in [-0.1, -0.05) is 12.1 Å². The Bertz CT molecular complexity index is 537. The quantitative estimate of drug-likeness (QED) is 0.782. The van der Waals surface area contributed by atoms with Crippen molar-refractivity contribution in [3.05, 3.63) is 24.3 Å². The standard InChI is InChI=1S/C16H22BNO3/c1-15(2)16(3,4)21-17(20-15)12-7-9-13(10-8-12)18-11-5-6-14(18)19/h7-10H,5-6,11H2,1-4H3. The van der Waals surface area contributed by atoms with Crippen molar-refractivity contribution in [2.75, 3.05) is 11.4 Å². The normalized spacial score (nSPS) is 23.9. The molecule has 0 atom stereocenters. The minimum Gasteiger partial charge on any atom is -0.399 e. The van der Waals surface area contributed by atoms with E-state index in [9.17, 15) is 4.79 Å². The molecule has 0 aliphatic carbocycles. The second-order valence-corrected chi connectivity index (χ2v) is 6.83. The van der Waals surface area contributed by atoms with Crippen molar-refractivity contribution in [3.63, 3.8) is 0 Å². The van der Waals surface area contributed by atoms with Gasteiger partial charge in [-0.05, 0) is 51.7 Å². The van der Waals surface area contributed by atoms with E-state index in [1.807, 2.05) is 56.9 Å². The Morgan fingerprint density at radius 2 is 1.62 bits per heavy atom. The Morgan fingerprint density at radius 3 is 2.10 bits per heavy atom. The van der Waals surface area contributed by atoms with Gasteiger partial charge in [0.25, 0.3) is 0 Å². The average molecular weight is 287 g/mol. The van der Waals surface area contributed by atoms with E-state index in [1.165, 1.54) is 0 Å². The third kappa shape index (κ3) is 2.49. The molecule has 0 unspecified atom stereocenters. The second-order valence-electron chi connectivity index (χ2n) is 6.83. The first-order valence-corrected chi connectivity index (χ1v) is 7.56. The lowest BCUT2D eigenvalue weighted by Gasteiger charge is -2.32. The van der Waals surface area contributed by atoms with E-state index >= 15 is 0 Å². The van der Waals surface area contributed by atoms with E-state index in [4.69, 9.17) is 9.31 Å². The maximum absolute atomic E-state index is 11.8. The van der Waals surface area contributed by atoms with E-state index in [0.717, 1.165) is 24.1 Å². The Hall–Kier alpha value is -1.33. The van der Waals surface area contributed by atoms with Crippen LogP contribution in [0.3, 0.4) is 0 Å². The first-order chi connectivity index (χ1) is 9.80. The summed E-state index contributed by atoms with van der Waals surface area (Å²) in [6, 6.07) is 7.93. The Labute approximate surface area is 126 Å². The smallest absolute Gasteiger partial charge is 0.399 e. The molecule has 2 aliphatic heterocycles. The molecule has 1 aromatic rings. The van der Waals surface area contributed by atoms with Crippen LogP contribution in [0.2, 0.25) is 0 Å². The van der Waals surface area contributed by atoms with Gasteiger partial charge < -0.3 is 14.2 Å². The Kier molecular flexibility index (Phi) is 3.37. The van der Waals surface area contributed by atoms with Gasteiger partial charge in [0.1, 0.15) is 0 Å². The minimum atomic E-state index is -0.349. The molecule has 0 spiro atoms. The van der Waals surface area contributed by atoms with Gasteiger partial charge in [0, 0.05) is 18.7 Å². The van der Waals surface area contributed by atoms with Crippen LogP contribution in [0.15, 0.2) is 24.3 Å². The highest BCUT2D eigenvalue weighted by Gasteiger charge is 2.51. The summed E-state index contributed by atoms with van der Waals surface area (Å²) in [7, 11) is -0.349. The van der Waals surface area contributed by atoms with Crippen LogP contribution in [-0.4, -0.2) is 30.8 Å². The maximum Gasteiger partial charge on any atom is 0.494 e. The highest BCUT2D eigenvalue weighted by Crippen LogP contribution is 2.36. The molecule has 2 saturated heterocycles. The molecule has 3 rings (SSSR count). The van der Waals surface area contributed by atoms with Crippen LogP contribution >= 0.6 is 0 Å². The lowest BCUT2D eigenvalue weighted by Crippen LogP contribution is -2.41. The Balaban J connectivity index is 1.78. The van der Waals surface area contributed by atoms with Gasteiger partial charge in [-0.2, -0.15) is 0 Å². The number of nitrogens with zero attached hydrogens (tertiary/aromatic N) is 1. The molecular weight excluding hydrogens is 265 g/mol. The molecule has 5 heteroatoms. The molecule has 0 saturated carbocycles. The molecule has 2 heterocycles. The van der Waals surface area contributed by atoms with E-state index in [1.54, 1.807) is 0 Å². The van der Waals surface area contributed by atoms with Crippen molar-refractivity contribution < 1.29 is 14.1 Å². The molecule has 1 amide bonds. The summed E-state index contributed by atoms with van der Waals surface area (Å²) in [5.74, 6) is 0.207. The fourth-order valence-electron chi connectivity index (χ4n) is 2.71. The lowest BCUT2D eigenvalue weighted by molar-refractivity contribution is -0.117. The van der Waals surface area contributed by atoms with Gasteiger partial charge in [0.05, 0.1) is 11.2 Å². The van der Waals surface area contributed by atoms with Gasteiger partial charge in [0.15, 0.2) is 0 Å². The highest BCUT2D eigenvalue weighted by atomic mass is 16.7. The number of carbonyl (C=O) groups is 1. The number of rotatable bonds is 2. The monoisotopic (exact) mass is 287 g/mol. The zero-order valence-electron chi connectivity index (χ0n) is 13.2. The molecule has 21 heavy (non-hydrogen) atoms. The number of carbonyl (C=O) groups excluding carboxylic acids is 1. The predicted molar refractivity (Wildman–Crippen MR) is 83.7 cm³/mol. The summed E-state index contributed by atoms with van der Waals surface area (Å²) in [4.78, 5) is 13.6. The van der Waals surface area contributed by atoms with Gasteiger partial charge in [-0.25, -0.2) is 0 Å². The number of amides is 1. The van der Waals surface area contributed by atoms with E-state index in [-0.39, 0.29) is 24.2 Å². The fourth-order valence-corrected chi connectivity index (χ4v) is 2.71. The summed E-state index contributed by atoms with van der Waals surface area (Å²) in [6.45, 7) is 9.00. The largest absolute Gasteiger partial charge is 0.494 e. The van der Waals surface area contributed by atoms with Crippen molar-refractivity contribution in [1.29, 1.82) is 0 Å². The van der Waals surface area contributed by atoms with Crippen LogP contribution in [0.5, 0.6) is 0 Å². The SMILES string of the molecule is CC1(C)OB(c2ccc(N3CCCC3=O)cc2)OC1(C)C. The molecule has 0 N–H and O–H groups in total. The van der Waals surface area contributed by atoms with Crippen LogP contribution in [0.4, 0.5) is 5.69 Å². The van der Waals surface area contributed by atoms with Crippen LogP contribution in [0.1, 0.15) is 40.5 Å².